The smallest absolute Gasteiger partial charge is 0.0178 e. The van der Waals surface area contributed by atoms with Gasteiger partial charge in [0.2, 0.25) is 0 Å². The zero-order valence-corrected chi connectivity index (χ0v) is 14.4. The van der Waals surface area contributed by atoms with Gasteiger partial charge in [-0.2, -0.15) is 0 Å². The molecule has 0 amide bonds. The van der Waals surface area contributed by atoms with Crippen LogP contribution in [0.15, 0.2) is 60.7 Å². The van der Waals surface area contributed by atoms with Crippen LogP contribution in [0.3, 0.4) is 0 Å². The van der Waals surface area contributed by atoms with Gasteiger partial charge in [-0.15, -0.1) is 0 Å². The molecule has 0 atom stereocenters. The molecule has 3 rings (SSSR count). The van der Waals surface area contributed by atoms with E-state index in [2.05, 4.69) is 81.4 Å². The molecule has 0 unspecified atom stereocenters. The normalized spacial score (nSPS) is 10.5. The minimum Gasteiger partial charge on any atom is -0.0683 e. The molecule has 0 fully saturated rings. The fourth-order valence-electron chi connectivity index (χ4n) is 2.61. The Labute approximate surface area is 134 Å². The van der Waals surface area contributed by atoms with Crippen LogP contribution in [-0.4, -0.2) is 0 Å². The Balaban J connectivity index is 0.000000847. The molecule has 0 nitrogen and oxygen atoms in total. The van der Waals surface area contributed by atoms with Crippen molar-refractivity contribution in [3.63, 3.8) is 0 Å². The van der Waals surface area contributed by atoms with Crippen LogP contribution in [-0.2, 0) is 0 Å². The molecule has 0 saturated heterocycles. The lowest BCUT2D eigenvalue weighted by Crippen LogP contribution is -1.87. The number of rotatable bonds is 2. The lowest BCUT2D eigenvalue weighted by atomic mass is 9.97. The molecule has 0 heterocycles. The lowest BCUT2D eigenvalue weighted by Gasteiger charge is -2.08. The Morgan fingerprint density at radius 3 is 1.82 bits per heavy atom. The van der Waals surface area contributed by atoms with E-state index in [1.165, 1.54) is 33.0 Å². The maximum atomic E-state index is 2.28. The first kappa shape index (κ1) is 16.3. The predicted molar refractivity (Wildman–Crippen MR) is 99.6 cm³/mol. The summed E-state index contributed by atoms with van der Waals surface area (Å²) in [5, 5.41) is 2.62. The van der Waals surface area contributed by atoms with E-state index in [0.29, 0.717) is 5.92 Å². The molecule has 0 aliphatic heterocycles. The Hall–Kier alpha value is -2.08. The van der Waals surface area contributed by atoms with Gasteiger partial charge in [-0.3, -0.25) is 0 Å². The molecule has 0 radical (unpaired) electrons. The van der Waals surface area contributed by atoms with E-state index in [9.17, 15) is 0 Å². The van der Waals surface area contributed by atoms with Gasteiger partial charge in [0.1, 0.15) is 0 Å². The van der Waals surface area contributed by atoms with Crippen molar-refractivity contribution < 1.29 is 0 Å². The van der Waals surface area contributed by atoms with Crippen LogP contribution in [0.1, 0.15) is 44.7 Å². The first-order chi connectivity index (χ1) is 10.6. The van der Waals surface area contributed by atoms with Gasteiger partial charge in [0.15, 0.2) is 0 Å². The maximum Gasteiger partial charge on any atom is -0.0178 e. The van der Waals surface area contributed by atoms with Crippen LogP contribution in [0, 0.1) is 6.92 Å². The molecule has 0 aromatic heterocycles. The third-order valence-electron chi connectivity index (χ3n) is 3.91. The van der Waals surface area contributed by atoms with Gasteiger partial charge < -0.3 is 0 Å². The third kappa shape index (κ3) is 3.57. The van der Waals surface area contributed by atoms with Gasteiger partial charge in [-0.05, 0) is 46.4 Å². The van der Waals surface area contributed by atoms with Gasteiger partial charge in [0, 0.05) is 0 Å². The summed E-state index contributed by atoms with van der Waals surface area (Å²) in [7, 11) is 0. The topological polar surface area (TPSA) is 0 Å². The van der Waals surface area contributed by atoms with E-state index < -0.39 is 0 Å². The fourth-order valence-corrected chi connectivity index (χ4v) is 2.61. The summed E-state index contributed by atoms with van der Waals surface area (Å²) < 4.78 is 0. The highest BCUT2D eigenvalue weighted by atomic mass is 14.1. The molecule has 0 aliphatic carbocycles. The standard InChI is InChI=1S/C20H20.C2H6/c1-14(2)16-6-8-17(9-7-16)19-11-10-18-12-15(3)4-5-20(18)13-19;1-2/h4-14H,1-3H3;1-2H3. The van der Waals surface area contributed by atoms with E-state index in [1.54, 1.807) is 0 Å². The number of hydrogen-bond donors (Lipinski definition) is 0. The summed E-state index contributed by atoms with van der Waals surface area (Å²) in [6.45, 7) is 10.6. The minimum absolute atomic E-state index is 0.587. The SMILES string of the molecule is CC.Cc1ccc2cc(-c3ccc(C(C)C)cc3)ccc2c1. The van der Waals surface area contributed by atoms with Crippen LogP contribution in [0.2, 0.25) is 0 Å². The van der Waals surface area contributed by atoms with Crippen molar-refractivity contribution in [3.8, 4) is 11.1 Å². The van der Waals surface area contributed by atoms with Crippen LogP contribution >= 0.6 is 0 Å². The highest BCUT2D eigenvalue weighted by Gasteiger charge is 2.02. The van der Waals surface area contributed by atoms with E-state index in [1.807, 2.05) is 13.8 Å². The van der Waals surface area contributed by atoms with Gasteiger partial charge in [-0.25, -0.2) is 0 Å². The number of fused-ring (bicyclic) bond motifs is 1. The summed E-state index contributed by atoms with van der Waals surface area (Å²) in [6, 6.07) is 22.2. The Kier molecular flexibility index (Phi) is 5.38. The van der Waals surface area contributed by atoms with Gasteiger partial charge in [-0.1, -0.05) is 87.9 Å². The first-order valence-electron chi connectivity index (χ1n) is 8.24. The number of aryl methyl sites for hydroxylation is 1. The average molecular weight is 290 g/mol. The molecule has 0 heteroatoms. The molecular formula is C22H26. The van der Waals surface area contributed by atoms with E-state index in [4.69, 9.17) is 0 Å². The van der Waals surface area contributed by atoms with E-state index in [-0.39, 0.29) is 0 Å². The molecule has 114 valence electrons. The second-order valence-electron chi connectivity index (χ2n) is 5.84. The summed E-state index contributed by atoms with van der Waals surface area (Å²) in [5.74, 6) is 0.587. The second-order valence-corrected chi connectivity index (χ2v) is 5.84. The van der Waals surface area contributed by atoms with Gasteiger partial charge in [0.05, 0.1) is 0 Å². The molecule has 0 N–H and O–H groups in total. The highest BCUT2D eigenvalue weighted by Crippen LogP contribution is 2.26. The quantitative estimate of drug-likeness (QED) is 0.478. The van der Waals surface area contributed by atoms with Crippen LogP contribution in [0.5, 0.6) is 0 Å². The van der Waals surface area contributed by atoms with Crippen molar-refractivity contribution in [1.82, 2.24) is 0 Å². The second kappa shape index (κ2) is 7.26. The molecule has 0 aliphatic rings. The average Bonchev–Trinajstić information content (AvgIpc) is 2.56. The van der Waals surface area contributed by atoms with E-state index in [0.717, 1.165) is 0 Å². The molecule has 0 spiro atoms. The van der Waals surface area contributed by atoms with Crippen LogP contribution < -0.4 is 0 Å². The lowest BCUT2D eigenvalue weighted by molar-refractivity contribution is 0.867. The first-order valence-corrected chi connectivity index (χ1v) is 8.24. The zero-order valence-electron chi connectivity index (χ0n) is 14.4. The molecule has 22 heavy (non-hydrogen) atoms. The highest BCUT2D eigenvalue weighted by molar-refractivity contribution is 5.87. The van der Waals surface area contributed by atoms with Crippen molar-refractivity contribution >= 4 is 10.8 Å². The number of benzene rings is 3. The zero-order chi connectivity index (χ0) is 16.1. The Bertz CT molecular complexity index is 734. The summed E-state index contributed by atoms with van der Waals surface area (Å²) >= 11 is 0. The van der Waals surface area contributed by atoms with Crippen LogP contribution in [0.4, 0.5) is 0 Å². The Morgan fingerprint density at radius 2 is 1.18 bits per heavy atom. The van der Waals surface area contributed by atoms with E-state index >= 15 is 0 Å². The van der Waals surface area contributed by atoms with Crippen LogP contribution in [0.25, 0.3) is 21.9 Å². The third-order valence-corrected chi connectivity index (χ3v) is 3.91. The molecule has 3 aromatic carbocycles. The number of hydrogen-bond acceptors (Lipinski definition) is 0. The van der Waals surface area contributed by atoms with Crippen molar-refractivity contribution in [3.05, 3.63) is 71.8 Å². The molecule has 0 bridgehead atoms. The minimum atomic E-state index is 0.587. The predicted octanol–water partition coefficient (Wildman–Crippen LogP) is 6.96. The van der Waals surface area contributed by atoms with Crippen molar-refractivity contribution in [1.29, 1.82) is 0 Å². The summed E-state index contributed by atoms with van der Waals surface area (Å²) in [6.07, 6.45) is 0. The summed E-state index contributed by atoms with van der Waals surface area (Å²) in [4.78, 5) is 0. The largest absolute Gasteiger partial charge is 0.0683 e. The van der Waals surface area contributed by atoms with Gasteiger partial charge >= 0.3 is 0 Å². The fraction of sp³-hybridized carbons (Fsp3) is 0.273. The van der Waals surface area contributed by atoms with Crippen molar-refractivity contribution in [2.24, 2.45) is 0 Å². The van der Waals surface area contributed by atoms with Crippen molar-refractivity contribution in [2.75, 3.05) is 0 Å². The molecular weight excluding hydrogens is 264 g/mol. The van der Waals surface area contributed by atoms with Gasteiger partial charge in [0.25, 0.3) is 0 Å². The molecule has 0 saturated carbocycles. The monoisotopic (exact) mass is 290 g/mol. The van der Waals surface area contributed by atoms with Crippen molar-refractivity contribution in [2.45, 2.75) is 40.5 Å². The Morgan fingerprint density at radius 1 is 0.636 bits per heavy atom. The summed E-state index contributed by atoms with van der Waals surface area (Å²) in [5.41, 5.74) is 5.28. The molecule has 3 aromatic rings. The maximum absolute atomic E-state index is 2.28.